The number of hydrogen-bond donors (Lipinski definition) is 1. The molecule has 9 nitrogen and oxygen atoms in total. The largest absolute Gasteiger partial charge is 0.352 e. The van der Waals surface area contributed by atoms with Crippen LogP contribution in [-0.2, 0) is 10.1 Å². The highest BCUT2D eigenvalue weighted by Crippen LogP contribution is 2.42. The Morgan fingerprint density at radius 1 is 0.872 bits per heavy atom. The number of anilines is 4. The number of benzene rings is 2. The number of hydrogen-bond acceptors (Lipinski definition) is 8. The molecule has 0 saturated heterocycles. The summed E-state index contributed by atoms with van der Waals surface area (Å²) in [5.41, 5.74) is 5.44. The Kier molecular flexibility index (Phi) is 8.80. The standard InChI is InChI=1S/C29H34N6O3S/c1-3-34-26-14-12-24(21-31)19-28(26)35(4-2)29(34)10-6-5-7-15-32-22-33(16-8-9-17-39(36,37)38)27-18-23(20-30)11-13-25(27)32/h5-6,10-14,18-19H,3-4,7-9,15-17,22H2,1-2H3,(H,36,37,38). The monoisotopic (exact) mass is 546 g/mol. The molecule has 204 valence electrons. The second kappa shape index (κ2) is 12.2. The van der Waals surface area contributed by atoms with Crippen molar-refractivity contribution >= 4 is 32.9 Å². The van der Waals surface area contributed by atoms with Crippen molar-refractivity contribution < 1.29 is 13.0 Å². The van der Waals surface area contributed by atoms with Gasteiger partial charge in [0.1, 0.15) is 5.82 Å². The first kappa shape index (κ1) is 28.0. The molecule has 0 saturated carbocycles. The predicted molar refractivity (Wildman–Crippen MR) is 155 cm³/mol. The Hall–Kier alpha value is -3.99. The second-order valence-corrected chi connectivity index (χ2v) is 11.1. The minimum absolute atomic E-state index is 0.245. The van der Waals surface area contributed by atoms with Gasteiger partial charge in [-0.3, -0.25) is 4.55 Å². The van der Waals surface area contributed by atoms with Crippen LogP contribution in [0.25, 0.3) is 0 Å². The zero-order valence-corrected chi connectivity index (χ0v) is 23.2. The van der Waals surface area contributed by atoms with Gasteiger partial charge < -0.3 is 19.6 Å². The van der Waals surface area contributed by atoms with E-state index in [1.165, 1.54) is 0 Å². The van der Waals surface area contributed by atoms with Crippen LogP contribution in [0.1, 0.15) is 44.2 Å². The fraction of sp³-hybridized carbons (Fsp3) is 0.379. The normalized spacial score (nSPS) is 15.7. The number of allylic oxidation sites excluding steroid dienone is 2. The maximum Gasteiger partial charge on any atom is 0.264 e. The molecule has 0 radical (unpaired) electrons. The zero-order valence-electron chi connectivity index (χ0n) is 22.4. The quantitative estimate of drug-likeness (QED) is 0.312. The Morgan fingerprint density at radius 2 is 1.49 bits per heavy atom. The van der Waals surface area contributed by atoms with Crippen LogP contribution in [0.2, 0.25) is 0 Å². The number of fused-ring (bicyclic) bond motifs is 2. The van der Waals surface area contributed by atoms with Crippen molar-refractivity contribution in [1.82, 2.24) is 0 Å². The molecule has 0 fully saturated rings. The van der Waals surface area contributed by atoms with E-state index >= 15 is 0 Å². The van der Waals surface area contributed by atoms with E-state index in [0.717, 1.165) is 54.6 Å². The van der Waals surface area contributed by atoms with Crippen molar-refractivity contribution in [3.8, 4) is 12.1 Å². The van der Waals surface area contributed by atoms with Crippen LogP contribution in [-0.4, -0.2) is 51.6 Å². The van der Waals surface area contributed by atoms with Gasteiger partial charge in [0.05, 0.1) is 58.4 Å². The Bertz CT molecular complexity index is 1450. The first-order chi connectivity index (χ1) is 18.8. The third-order valence-electron chi connectivity index (χ3n) is 7.03. The van der Waals surface area contributed by atoms with E-state index in [2.05, 4.69) is 63.8 Å². The molecule has 2 heterocycles. The SMILES string of the molecule is CCN1C(=CC=CCCN2CN(CCCCS(=O)(=O)O)c3cc(C#N)ccc32)N(CC)c2cc(C#N)ccc21. The fourth-order valence-corrected chi connectivity index (χ4v) is 5.77. The molecule has 2 aliphatic rings. The number of unbranched alkanes of at least 4 members (excludes halogenated alkanes) is 1. The van der Waals surface area contributed by atoms with Crippen LogP contribution < -0.4 is 19.6 Å². The highest BCUT2D eigenvalue weighted by atomic mass is 32.2. The van der Waals surface area contributed by atoms with Gasteiger partial charge in [0.15, 0.2) is 0 Å². The van der Waals surface area contributed by atoms with Gasteiger partial charge in [0.25, 0.3) is 10.1 Å². The maximum absolute atomic E-state index is 11.0. The van der Waals surface area contributed by atoms with Gasteiger partial charge in [-0.2, -0.15) is 18.9 Å². The van der Waals surface area contributed by atoms with E-state index in [1.807, 2.05) is 36.4 Å². The Labute approximate surface area is 231 Å². The van der Waals surface area contributed by atoms with E-state index in [1.54, 1.807) is 0 Å². The van der Waals surface area contributed by atoms with Crippen molar-refractivity contribution in [2.24, 2.45) is 0 Å². The Balaban J connectivity index is 1.42. The molecular weight excluding hydrogens is 512 g/mol. The predicted octanol–water partition coefficient (Wildman–Crippen LogP) is 4.84. The molecule has 2 aromatic rings. The molecule has 1 N–H and O–H groups in total. The summed E-state index contributed by atoms with van der Waals surface area (Å²) in [6.07, 6.45) is 8.18. The summed E-state index contributed by atoms with van der Waals surface area (Å²) in [5, 5.41) is 18.7. The van der Waals surface area contributed by atoms with Crippen molar-refractivity contribution in [2.75, 3.05) is 58.2 Å². The molecule has 10 heteroatoms. The summed E-state index contributed by atoms with van der Waals surface area (Å²) in [6, 6.07) is 15.9. The molecule has 0 atom stereocenters. The fourth-order valence-electron chi connectivity index (χ4n) is 5.20. The first-order valence-electron chi connectivity index (χ1n) is 13.2. The van der Waals surface area contributed by atoms with Gasteiger partial charge in [0, 0.05) is 26.2 Å². The molecule has 4 rings (SSSR count). The van der Waals surface area contributed by atoms with E-state index in [0.29, 0.717) is 37.2 Å². The zero-order chi connectivity index (χ0) is 28.0. The van der Waals surface area contributed by atoms with Crippen LogP contribution >= 0.6 is 0 Å². The third kappa shape index (κ3) is 6.36. The van der Waals surface area contributed by atoms with E-state index in [-0.39, 0.29) is 5.75 Å². The molecule has 2 aliphatic heterocycles. The number of nitriles is 2. The lowest BCUT2D eigenvalue weighted by Gasteiger charge is -2.23. The minimum Gasteiger partial charge on any atom is -0.352 e. The average Bonchev–Trinajstić information content (AvgIpc) is 3.43. The Morgan fingerprint density at radius 3 is 2.13 bits per heavy atom. The average molecular weight is 547 g/mol. The molecule has 0 unspecified atom stereocenters. The van der Waals surface area contributed by atoms with Gasteiger partial charge in [-0.05, 0) is 75.6 Å². The maximum atomic E-state index is 11.0. The van der Waals surface area contributed by atoms with Gasteiger partial charge in [-0.25, -0.2) is 0 Å². The minimum atomic E-state index is -3.96. The van der Waals surface area contributed by atoms with Gasteiger partial charge >= 0.3 is 0 Å². The van der Waals surface area contributed by atoms with Gasteiger partial charge in [-0.15, -0.1) is 0 Å². The highest BCUT2D eigenvalue weighted by Gasteiger charge is 2.29. The third-order valence-corrected chi connectivity index (χ3v) is 7.83. The molecule has 0 bridgehead atoms. The lowest BCUT2D eigenvalue weighted by Crippen LogP contribution is -2.32. The van der Waals surface area contributed by atoms with Crippen LogP contribution in [0.4, 0.5) is 22.7 Å². The molecule has 0 aromatic heterocycles. The lowest BCUT2D eigenvalue weighted by molar-refractivity contribution is 0.480. The molecule has 0 aliphatic carbocycles. The van der Waals surface area contributed by atoms with Crippen molar-refractivity contribution in [1.29, 1.82) is 10.5 Å². The molecule has 0 spiro atoms. The smallest absolute Gasteiger partial charge is 0.264 e. The van der Waals surface area contributed by atoms with Crippen molar-refractivity contribution in [2.45, 2.75) is 33.1 Å². The van der Waals surface area contributed by atoms with E-state index in [9.17, 15) is 18.9 Å². The highest BCUT2D eigenvalue weighted by molar-refractivity contribution is 7.85. The van der Waals surface area contributed by atoms with E-state index < -0.39 is 10.1 Å². The summed E-state index contributed by atoms with van der Waals surface area (Å²) >= 11 is 0. The molecule has 2 aromatic carbocycles. The first-order valence-corrected chi connectivity index (χ1v) is 14.9. The summed E-state index contributed by atoms with van der Waals surface area (Å²) in [4.78, 5) is 8.92. The van der Waals surface area contributed by atoms with Crippen LogP contribution in [0, 0.1) is 22.7 Å². The number of rotatable bonds is 11. The van der Waals surface area contributed by atoms with E-state index in [4.69, 9.17) is 4.55 Å². The summed E-state index contributed by atoms with van der Waals surface area (Å²) in [7, 11) is -3.96. The number of nitrogens with zero attached hydrogens (tertiary/aromatic N) is 6. The summed E-state index contributed by atoms with van der Waals surface area (Å²) in [5.74, 6) is 0.846. The molecule has 0 amide bonds. The van der Waals surface area contributed by atoms with Crippen molar-refractivity contribution in [3.05, 3.63) is 71.6 Å². The molecule has 39 heavy (non-hydrogen) atoms. The summed E-state index contributed by atoms with van der Waals surface area (Å²) < 4.78 is 31.1. The van der Waals surface area contributed by atoms with Crippen LogP contribution in [0.5, 0.6) is 0 Å². The van der Waals surface area contributed by atoms with Gasteiger partial charge in [-0.1, -0.05) is 12.2 Å². The topological polar surface area (TPSA) is 115 Å². The van der Waals surface area contributed by atoms with Crippen molar-refractivity contribution in [3.63, 3.8) is 0 Å². The van der Waals surface area contributed by atoms with Crippen LogP contribution in [0.15, 0.2) is 60.4 Å². The lowest BCUT2D eigenvalue weighted by atomic mass is 10.1. The van der Waals surface area contributed by atoms with Crippen LogP contribution in [0.3, 0.4) is 0 Å². The molecular formula is C29H34N6O3S. The summed E-state index contributed by atoms with van der Waals surface area (Å²) in [6.45, 7) is 7.95. The second-order valence-electron chi connectivity index (χ2n) is 9.52. The van der Waals surface area contributed by atoms with Gasteiger partial charge in [0.2, 0.25) is 0 Å².